The van der Waals surface area contributed by atoms with Gasteiger partial charge >= 0.3 is 6.36 Å². The summed E-state index contributed by atoms with van der Waals surface area (Å²) in [6.45, 7) is 2.91. The summed E-state index contributed by atoms with van der Waals surface area (Å²) in [6.07, 6.45) is -3.20. The van der Waals surface area contributed by atoms with Crippen molar-refractivity contribution in [1.82, 2.24) is 15.2 Å². The normalized spacial score (nSPS) is 16.3. The Morgan fingerprint density at radius 2 is 2.03 bits per heavy atom. The van der Waals surface area contributed by atoms with E-state index in [0.29, 0.717) is 42.3 Å². The van der Waals surface area contributed by atoms with Gasteiger partial charge in [0.25, 0.3) is 5.91 Å². The van der Waals surface area contributed by atoms with Crippen molar-refractivity contribution in [2.24, 2.45) is 0 Å². The average Bonchev–Trinajstić information content (AvgIpc) is 3.36. The molecule has 2 aromatic heterocycles. The Labute approximate surface area is 181 Å². The summed E-state index contributed by atoms with van der Waals surface area (Å²) in [5.74, 6) is -0.257. The van der Waals surface area contributed by atoms with E-state index in [1.165, 1.54) is 18.3 Å². The van der Waals surface area contributed by atoms with E-state index in [0.717, 1.165) is 17.8 Å². The van der Waals surface area contributed by atoms with Gasteiger partial charge in [-0.15, -0.1) is 13.2 Å². The van der Waals surface area contributed by atoms with Gasteiger partial charge in [0.1, 0.15) is 11.6 Å². The van der Waals surface area contributed by atoms with E-state index in [1.807, 2.05) is 17.9 Å². The number of ether oxygens (including phenoxy) is 1. The lowest BCUT2D eigenvalue weighted by molar-refractivity contribution is -0.274. The van der Waals surface area contributed by atoms with Gasteiger partial charge in [-0.3, -0.25) is 9.89 Å². The Kier molecular flexibility index (Phi) is 5.74. The standard InChI is InChI=1S/C21H20F3N5O3/c1-12-8-18(28-27-12)17-9-13(10-25-19(17)29-7-6-15(30)11-29)20(31)26-14-2-4-16(5-3-14)32-21(22,23)24/h2-5,8-10,15,30H,6-7,11H2,1H3,(H,26,31)(H,27,28). The van der Waals surface area contributed by atoms with Crippen LogP contribution in [0.2, 0.25) is 0 Å². The van der Waals surface area contributed by atoms with Crippen LogP contribution in [0.25, 0.3) is 11.3 Å². The molecule has 11 heteroatoms. The van der Waals surface area contributed by atoms with Crippen molar-refractivity contribution in [2.75, 3.05) is 23.3 Å². The van der Waals surface area contributed by atoms with Crippen molar-refractivity contribution in [1.29, 1.82) is 0 Å². The number of carbonyl (C=O) groups excluding carboxylic acids is 1. The molecule has 4 rings (SSSR count). The largest absolute Gasteiger partial charge is 0.573 e. The van der Waals surface area contributed by atoms with Crippen LogP contribution in [0.1, 0.15) is 22.5 Å². The molecule has 1 aliphatic rings. The number of halogens is 3. The number of β-amino-alcohol motifs (C(OH)–C–C–N with tert-alkyl or cyclic N) is 1. The van der Waals surface area contributed by atoms with Gasteiger partial charge in [-0.05, 0) is 49.7 Å². The number of aliphatic hydroxyl groups excluding tert-OH is 1. The first-order valence-corrected chi connectivity index (χ1v) is 9.80. The minimum atomic E-state index is -4.79. The van der Waals surface area contributed by atoms with E-state index >= 15 is 0 Å². The zero-order valence-corrected chi connectivity index (χ0v) is 17.0. The minimum absolute atomic E-state index is 0.250. The molecule has 3 N–H and O–H groups in total. The number of carbonyl (C=O) groups is 1. The van der Waals surface area contributed by atoms with Gasteiger partial charge in [0.2, 0.25) is 0 Å². The highest BCUT2D eigenvalue weighted by Crippen LogP contribution is 2.31. The summed E-state index contributed by atoms with van der Waals surface area (Å²) >= 11 is 0. The van der Waals surface area contributed by atoms with Gasteiger partial charge in [-0.1, -0.05) is 0 Å². The number of pyridine rings is 1. The third-order valence-corrected chi connectivity index (χ3v) is 4.92. The minimum Gasteiger partial charge on any atom is -0.406 e. The van der Waals surface area contributed by atoms with Gasteiger partial charge in [0, 0.05) is 36.2 Å². The summed E-state index contributed by atoms with van der Waals surface area (Å²) in [4.78, 5) is 19.1. The van der Waals surface area contributed by atoms with Crippen molar-refractivity contribution in [3.05, 3.63) is 53.9 Å². The predicted octanol–water partition coefficient (Wildman–Crippen LogP) is 3.50. The molecule has 1 unspecified atom stereocenters. The number of hydrogen-bond donors (Lipinski definition) is 3. The van der Waals surface area contributed by atoms with Gasteiger partial charge < -0.3 is 20.1 Å². The molecule has 1 aromatic carbocycles. The van der Waals surface area contributed by atoms with Gasteiger partial charge in [-0.2, -0.15) is 5.10 Å². The molecular formula is C21H20F3N5O3. The number of benzene rings is 1. The highest BCUT2D eigenvalue weighted by atomic mass is 19.4. The fourth-order valence-corrected chi connectivity index (χ4v) is 3.46. The van der Waals surface area contributed by atoms with E-state index in [-0.39, 0.29) is 11.3 Å². The van der Waals surface area contributed by atoms with Crippen molar-refractivity contribution in [3.8, 4) is 17.0 Å². The van der Waals surface area contributed by atoms with Gasteiger partial charge in [0.05, 0.1) is 17.4 Å². The van der Waals surface area contributed by atoms with Crippen LogP contribution < -0.4 is 15.0 Å². The van der Waals surface area contributed by atoms with Crippen LogP contribution >= 0.6 is 0 Å². The lowest BCUT2D eigenvalue weighted by atomic mass is 10.1. The smallest absolute Gasteiger partial charge is 0.406 e. The van der Waals surface area contributed by atoms with E-state index < -0.39 is 18.4 Å². The number of aryl methyl sites for hydroxylation is 1. The molecule has 0 bridgehead atoms. The second kappa shape index (κ2) is 8.50. The zero-order valence-electron chi connectivity index (χ0n) is 17.0. The molecule has 1 fully saturated rings. The molecule has 1 aliphatic heterocycles. The molecular weight excluding hydrogens is 427 g/mol. The highest BCUT2D eigenvalue weighted by molar-refractivity contribution is 6.05. The Morgan fingerprint density at radius 1 is 1.28 bits per heavy atom. The van der Waals surface area contributed by atoms with E-state index in [9.17, 15) is 23.1 Å². The quantitative estimate of drug-likeness (QED) is 0.553. The van der Waals surface area contributed by atoms with Crippen molar-refractivity contribution >= 4 is 17.4 Å². The molecule has 1 amide bonds. The Morgan fingerprint density at radius 3 is 2.62 bits per heavy atom. The third kappa shape index (κ3) is 4.99. The number of nitrogens with zero attached hydrogens (tertiary/aromatic N) is 3. The molecule has 32 heavy (non-hydrogen) atoms. The first-order chi connectivity index (χ1) is 15.2. The monoisotopic (exact) mass is 447 g/mol. The SMILES string of the molecule is Cc1cc(-c2cc(C(=O)Nc3ccc(OC(F)(F)F)cc3)cnc2N2CCC(O)C2)n[nH]1. The van der Waals surface area contributed by atoms with Crippen molar-refractivity contribution in [2.45, 2.75) is 25.8 Å². The molecule has 168 valence electrons. The van der Waals surface area contributed by atoms with Crippen molar-refractivity contribution < 1.29 is 27.8 Å². The summed E-state index contributed by atoms with van der Waals surface area (Å²) in [5.41, 5.74) is 2.62. The predicted molar refractivity (Wildman–Crippen MR) is 110 cm³/mol. The molecule has 0 spiro atoms. The van der Waals surface area contributed by atoms with Crippen LogP contribution in [-0.2, 0) is 0 Å². The number of rotatable bonds is 5. The van der Waals surface area contributed by atoms with E-state index in [2.05, 4.69) is 25.2 Å². The molecule has 3 heterocycles. The number of alkyl halides is 3. The Bertz CT molecular complexity index is 1110. The molecule has 3 aromatic rings. The van der Waals surface area contributed by atoms with Crippen LogP contribution in [0.5, 0.6) is 5.75 Å². The van der Waals surface area contributed by atoms with Crippen LogP contribution in [0.3, 0.4) is 0 Å². The van der Waals surface area contributed by atoms with Crippen LogP contribution in [0.15, 0.2) is 42.6 Å². The molecule has 8 nitrogen and oxygen atoms in total. The Balaban J connectivity index is 1.57. The summed E-state index contributed by atoms with van der Waals surface area (Å²) < 4.78 is 40.7. The number of H-pyrrole nitrogens is 1. The number of aromatic nitrogens is 3. The van der Waals surface area contributed by atoms with Crippen LogP contribution in [0, 0.1) is 6.92 Å². The number of anilines is 2. The number of hydrogen-bond acceptors (Lipinski definition) is 6. The van der Waals surface area contributed by atoms with E-state index in [4.69, 9.17) is 0 Å². The summed E-state index contributed by atoms with van der Waals surface area (Å²) in [7, 11) is 0. The lowest BCUT2D eigenvalue weighted by Gasteiger charge is -2.20. The first kappa shape index (κ1) is 21.6. The summed E-state index contributed by atoms with van der Waals surface area (Å²) in [6, 6.07) is 8.32. The molecule has 0 aliphatic carbocycles. The second-order valence-corrected chi connectivity index (χ2v) is 7.45. The molecule has 1 atom stereocenters. The number of nitrogens with one attached hydrogen (secondary N) is 2. The topological polar surface area (TPSA) is 103 Å². The van der Waals surface area contributed by atoms with E-state index in [1.54, 1.807) is 6.07 Å². The number of amides is 1. The molecule has 0 radical (unpaired) electrons. The average molecular weight is 447 g/mol. The fourth-order valence-electron chi connectivity index (χ4n) is 3.46. The fraction of sp³-hybridized carbons (Fsp3) is 0.286. The maximum absolute atomic E-state index is 12.8. The van der Waals surface area contributed by atoms with Crippen LogP contribution in [-0.4, -0.2) is 51.8 Å². The lowest BCUT2D eigenvalue weighted by Crippen LogP contribution is -2.23. The van der Waals surface area contributed by atoms with Crippen LogP contribution in [0.4, 0.5) is 24.7 Å². The molecule has 0 saturated carbocycles. The maximum Gasteiger partial charge on any atom is 0.573 e. The third-order valence-electron chi connectivity index (χ3n) is 4.92. The molecule has 1 saturated heterocycles. The number of aromatic amines is 1. The van der Waals surface area contributed by atoms with Gasteiger partial charge in [-0.25, -0.2) is 4.98 Å². The maximum atomic E-state index is 12.8. The number of aliphatic hydroxyl groups is 1. The van der Waals surface area contributed by atoms with Crippen molar-refractivity contribution in [3.63, 3.8) is 0 Å². The zero-order chi connectivity index (χ0) is 22.9. The first-order valence-electron chi connectivity index (χ1n) is 9.80. The highest BCUT2D eigenvalue weighted by Gasteiger charge is 2.31. The summed E-state index contributed by atoms with van der Waals surface area (Å²) in [5, 5.41) is 19.7. The second-order valence-electron chi connectivity index (χ2n) is 7.45. The Hall–Kier alpha value is -3.60. The van der Waals surface area contributed by atoms with Gasteiger partial charge in [0.15, 0.2) is 0 Å².